The van der Waals surface area contributed by atoms with Crippen molar-refractivity contribution >= 4 is 25.6 Å². The molecule has 0 aliphatic heterocycles. The second-order valence-electron chi connectivity index (χ2n) is 5.06. The molecule has 112 valence electrons. The molecule has 1 aromatic rings. The third kappa shape index (κ3) is 4.47. The maximum absolute atomic E-state index is 12.1. The first-order valence-electron chi connectivity index (χ1n) is 5.95. The van der Waals surface area contributed by atoms with Gasteiger partial charge in [0, 0.05) is 29.9 Å². The number of benzene rings is 1. The third-order valence-electron chi connectivity index (χ3n) is 2.96. The molecule has 1 rings (SSSR count). The van der Waals surface area contributed by atoms with Crippen LogP contribution in [0.2, 0.25) is 0 Å². The number of methoxy groups -OCH3 is 1. The van der Waals surface area contributed by atoms with Crippen LogP contribution < -0.4 is 5.32 Å². The van der Waals surface area contributed by atoms with E-state index in [0.717, 1.165) is 0 Å². The summed E-state index contributed by atoms with van der Waals surface area (Å²) in [7, 11) is 2.98. The minimum atomic E-state index is -3.86. The monoisotopic (exact) mass is 319 g/mol. The maximum Gasteiger partial charge on any atom is 0.261 e. The van der Waals surface area contributed by atoms with Gasteiger partial charge < -0.3 is 10.1 Å². The van der Waals surface area contributed by atoms with E-state index in [1.165, 1.54) is 12.1 Å². The molecule has 0 aromatic heterocycles. The fraction of sp³-hybridized carbons (Fsp3) is 0.462. The zero-order chi connectivity index (χ0) is 15.6. The standard InChI is InChI=1S/C13H18ClNO4S/c1-9-5-6-10(20(14,17)18)7-11(9)12(16)15-8-13(2,3)19-4/h5-7H,8H2,1-4H3,(H,15,16). The molecule has 0 aliphatic carbocycles. The molecule has 7 heteroatoms. The van der Waals surface area contributed by atoms with Gasteiger partial charge in [-0.15, -0.1) is 0 Å². The Kier molecular flexibility index (Phi) is 5.18. The van der Waals surface area contributed by atoms with Crippen molar-refractivity contribution in [2.24, 2.45) is 0 Å². The topological polar surface area (TPSA) is 72.5 Å². The van der Waals surface area contributed by atoms with Crippen LogP contribution >= 0.6 is 10.7 Å². The van der Waals surface area contributed by atoms with Gasteiger partial charge in [0.05, 0.1) is 10.5 Å². The lowest BCUT2D eigenvalue weighted by atomic mass is 10.1. The molecular weight excluding hydrogens is 302 g/mol. The summed E-state index contributed by atoms with van der Waals surface area (Å²) >= 11 is 0. The Hall–Kier alpha value is -1.11. The molecule has 0 spiro atoms. The number of nitrogens with one attached hydrogen (secondary N) is 1. The van der Waals surface area contributed by atoms with Crippen LogP contribution in [0.15, 0.2) is 23.1 Å². The Labute approximate surface area is 123 Å². The van der Waals surface area contributed by atoms with Crippen LogP contribution in [0.5, 0.6) is 0 Å². The van der Waals surface area contributed by atoms with Gasteiger partial charge in [-0.1, -0.05) is 6.07 Å². The molecule has 0 saturated carbocycles. The lowest BCUT2D eigenvalue weighted by Crippen LogP contribution is -2.39. The Morgan fingerprint density at radius 3 is 2.50 bits per heavy atom. The zero-order valence-electron chi connectivity index (χ0n) is 11.9. The van der Waals surface area contributed by atoms with Crippen molar-refractivity contribution < 1.29 is 17.9 Å². The fourth-order valence-corrected chi connectivity index (χ4v) is 2.24. The summed E-state index contributed by atoms with van der Waals surface area (Å²) < 4.78 is 27.8. The predicted octanol–water partition coefficient (Wildman–Crippen LogP) is 2.08. The second-order valence-corrected chi connectivity index (χ2v) is 7.63. The van der Waals surface area contributed by atoms with Gasteiger partial charge in [0.2, 0.25) is 0 Å². The van der Waals surface area contributed by atoms with Crippen LogP contribution in [0.25, 0.3) is 0 Å². The first-order chi connectivity index (χ1) is 9.07. The van der Waals surface area contributed by atoms with Crippen LogP contribution in [-0.2, 0) is 13.8 Å². The van der Waals surface area contributed by atoms with E-state index in [1.807, 2.05) is 13.8 Å². The molecule has 0 atom stereocenters. The number of aryl methyl sites for hydroxylation is 1. The summed E-state index contributed by atoms with van der Waals surface area (Å²) in [5.41, 5.74) is 0.445. The number of carbonyl (C=O) groups is 1. The van der Waals surface area contributed by atoms with Crippen LogP contribution in [-0.4, -0.2) is 33.6 Å². The molecule has 1 amide bonds. The molecule has 0 aliphatic rings. The minimum Gasteiger partial charge on any atom is -0.377 e. The van der Waals surface area contributed by atoms with Crippen molar-refractivity contribution in [3.63, 3.8) is 0 Å². The van der Waals surface area contributed by atoms with E-state index in [1.54, 1.807) is 20.1 Å². The number of amides is 1. The lowest BCUT2D eigenvalue weighted by Gasteiger charge is -2.23. The Morgan fingerprint density at radius 2 is 2.00 bits per heavy atom. The van der Waals surface area contributed by atoms with E-state index in [4.69, 9.17) is 15.4 Å². The summed E-state index contributed by atoms with van der Waals surface area (Å²) in [6.07, 6.45) is 0. The van der Waals surface area contributed by atoms with Gasteiger partial charge in [-0.25, -0.2) is 8.42 Å². The Balaban J connectivity index is 2.99. The fourth-order valence-electron chi connectivity index (χ4n) is 1.46. The largest absolute Gasteiger partial charge is 0.377 e. The third-order valence-corrected chi connectivity index (χ3v) is 4.31. The molecular formula is C13H18ClNO4S. The SMILES string of the molecule is COC(C)(C)CNC(=O)c1cc(S(=O)(=O)Cl)ccc1C. The summed E-state index contributed by atoms with van der Waals surface area (Å²) in [5, 5.41) is 2.71. The number of hydrogen-bond acceptors (Lipinski definition) is 4. The van der Waals surface area contributed by atoms with Crippen molar-refractivity contribution in [3.8, 4) is 0 Å². The van der Waals surface area contributed by atoms with Crippen LogP contribution in [0, 0.1) is 6.92 Å². The maximum atomic E-state index is 12.1. The summed E-state index contributed by atoms with van der Waals surface area (Å²) in [5.74, 6) is -0.366. The molecule has 0 fully saturated rings. The van der Waals surface area contributed by atoms with E-state index >= 15 is 0 Å². The van der Waals surface area contributed by atoms with Gasteiger partial charge >= 0.3 is 0 Å². The highest BCUT2D eigenvalue weighted by atomic mass is 35.7. The lowest BCUT2D eigenvalue weighted by molar-refractivity contribution is 0.0228. The predicted molar refractivity (Wildman–Crippen MR) is 77.6 cm³/mol. The molecule has 0 unspecified atom stereocenters. The van der Waals surface area contributed by atoms with Gasteiger partial charge in [0.25, 0.3) is 15.0 Å². The number of halogens is 1. The van der Waals surface area contributed by atoms with Crippen molar-refractivity contribution in [1.29, 1.82) is 0 Å². The first kappa shape index (κ1) is 16.9. The number of ether oxygens (including phenoxy) is 1. The average Bonchev–Trinajstić information content (AvgIpc) is 2.35. The number of carbonyl (C=O) groups excluding carboxylic acids is 1. The highest BCUT2D eigenvalue weighted by Crippen LogP contribution is 2.19. The molecule has 1 aromatic carbocycles. The van der Waals surface area contributed by atoms with E-state index in [9.17, 15) is 13.2 Å². The van der Waals surface area contributed by atoms with Crippen molar-refractivity contribution in [1.82, 2.24) is 5.32 Å². The van der Waals surface area contributed by atoms with E-state index < -0.39 is 14.7 Å². The molecule has 0 heterocycles. The smallest absolute Gasteiger partial charge is 0.261 e. The quantitative estimate of drug-likeness (QED) is 0.843. The minimum absolute atomic E-state index is 0.0964. The normalized spacial score (nSPS) is 12.2. The highest BCUT2D eigenvalue weighted by molar-refractivity contribution is 8.13. The van der Waals surface area contributed by atoms with Crippen LogP contribution in [0.4, 0.5) is 0 Å². The van der Waals surface area contributed by atoms with Crippen molar-refractivity contribution in [2.75, 3.05) is 13.7 Å². The number of hydrogen-bond donors (Lipinski definition) is 1. The van der Waals surface area contributed by atoms with Crippen LogP contribution in [0.3, 0.4) is 0 Å². The summed E-state index contributed by atoms with van der Waals surface area (Å²) in [6.45, 7) is 5.69. The highest BCUT2D eigenvalue weighted by Gasteiger charge is 2.20. The zero-order valence-corrected chi connectivity index (χ0v) is 13.4. The first-order valence-corrected chi connectivity index (χ1v) is 8.26. The van der Waals surface area contributed by atoms with Crippen molar-refractivity contribution in [2.45, 2.75) is 31.3 Å². The second kappa shape index (κ2) is 6.11. The summed E-state index contributed by atoms with van der Waals surface area (Å²) in [6, 6.07) is 4.19. The van der Waals surface area contributed by atoms with Crippen LogP contribution in [0.1, 0.15) is 29.8 Å². The number of rotatable bonds is 5. The average molecular weight is 320 g/mol. The molecule has 0 bridgehead atoms. The van der Waals surface area contributed by atoms with Crippen molar-refractivity contribution in [3.05, 3.63) is 29.3 Å². The van der Waals surface area contributed by atoms with E-state index in [0.29, 0.717) is 12.1 Å². The Bertz CT molecular complexity index is 611. The Morgan fingerprint density at radius 1 is 1.40 bits per heavy atom. The van der Waals surface area contributed by atoms with E-state index in [-0.39, 0.29) is 16.4 Å². The van der Waals surface area contributed by atoms with Gasteiger partial charge in [0.15, 0.2) is 0 Å². The molecule has 1 N–H and O–H groups in total. The van der Waals surface area contributed by atoms with Gasteiger partial charge in [0.1, 0.15) is 0 Å². The molecule has 0 saturated heterocycles. The molecule has 5 nitrogen and oxygen atoms in total. The van der Waals surface area contributed by atoms with Gasteiger partial charge in [-0.3, -0.25) is 4.79 Å². The van der Waals surface area contributed by atoms with E-state index in [2.05, 4.69) is 5.32 Å². The molecule has 20 heavy (non-hydrogen) atoms. The summed E-state index contributed by atoms with van der Waals surface area (Å²) in [4.78, 5) is 12.0. The van der Waals surface area contributed by atoms with Gasteiger partial charge in [-0.2, -0.15) is 0 Å². The van der Waals surface area contributed by atoms with Gasteiger partial charge in [-0.05, 0) is 38.5 Å². The molecule has 0 radical (unpaired) electrons.